The topological polar surface area (TPSA) is 54.1 Å². The maximum atomic E-state index is 12.1. The maximum absolute atomic E-state index is 12.1. The molecule has 106 valence electrons. The lowest BCUT2D eigenvalue weighted by atomic mass is 10.1. The van der Waals surface area contributed by atoms with E-state index in [1.54, 1.807) is 7.11 Å². The van der Waals surface area contributed by atoms with Crippen LogP contribution >= 0.6 is 0 Å². The number of methoxy groups -OCH3 is 1. The van der Waals surface area contributed by atoms with E-state index in [0.29, 0.717) is 17.9 Å². The SMILES string of the molecule is COc1ccccc1NC(=O)Cc1ccc2[nH]ccc2c1. The molecule has 2 aromatic carbocycles. The van der Waals surface area contributed by atoms with Gasteiger partial charge in [-0.3, -0.25) is 4.79 Å². The highest BCUT2D eigenvalue weighted by atomic mass is 16.5. The van der Waals surface area contributed by atoms with Crippen molar-refractivity contribution < 1.29 is 9.53 Å². The van der Waals surface area contributed by atoms with Crippen molar-refractivity contribution in [3.8, 4) is 5.75 Å². The molecular weight excluding hydrogens is 264 g/mol. The molecule has 0 aliphatic heterocycles. The van der Waals surface area contributed by atoms with E-state index in [1.165, 1.54) is 0 Å². The zero-order valence-corrected chi connectivity index (χ0v) is 11.7. The molecular formula is C17H16N2O2. The minimum atomic E-state index is -0.0608. The Hall–Kier alpha value is -2.75. The predicted molar refractivity (Wildman–Crippen MR) is 83.6 cm³/mol. The molecule has 21 heavy (non-hydrogen) atoms. The lowest BCUT2D eigenvalue weighted by Crippen LogP contribution is -2.14. The fourth-order valence-corrected chi connectivity index (χ4v) is 2.34. The van der Waals surface area contributed by atoms with Crippen molar-refractivity contribution >= 4 is 22.5 Å². The van der Waals surface area contributed by atoms with Gasteiger partial charge in [-0.05, 0) is 41.3 Å². The minimum Gasteiger partial charge on any atom is -0.495 e. The Balaban J connectivity index is 1.73. The molecule has 4 heteroatoms. The molecule has 0 aliphatic carbocycles. The molecule has 1 aromatic heterocycles. The summed E-state index contributed by atoms with van der Waals surface area (Å²) in [6.45, 7) is 0. The third-order valence-corrected chi connectivity index (χ3v) is 3.36. The number of rotatable bonds is 4. The van der Waals surface area contributed by atoms with Gasteiger partial charge in [0.2, 0.25) is 5.91 Å². The van der Waals surface area contributed by atoms with Gasteiger partial charge < -0.3 is 15.0 Å². The van der Waals surface area contributed by atoms with Gasteiger partial charge in [0.25, 0.3) is 0 Å². The standard InChI is InChI=1S/C17H16N2O2/c1-21-16-5-3-2-4-15(16)19-17(20)11-12-6-7-14-13(10-12)8-9-18-14/h2-10,18H,11H2,1H3,(H,19,20). The first-order chi connectivity index (χ1) is 10.3. The van der Waals surface area contributed by atoms with Gasteiger partial charge in [-0.2, -0.15) is 0 Å². The van der Waals surface area contributed by atoms with Crippen molar-refractivity contribution in [2.45, 2.75) is 6.42 Å². The summed E-state index contributed by atoms with van der Waals surface area (Å²) >= 11 is 0. The lowest BCUT2D eigenvalue weighted by Gasteiger charge is -2.09. The van der Waals surface area contributed by atoms with E-state index in [0.717, 1.165) is 16.5 Å². The van der Waals surface area contributed by atoms with Crippen LogP contribution in [0.3, 0.4) is 0 Å². The highest BCUT2D eigenvalue weighted by molar-refractivity contribution is 5.94. The van der Waals surface area contributed by atoms with Gasteiger partial charge in [0, 0.05) is 11.7 Å². The van der Waals surface area contributed by atoms with Gasteiger partial charge >= 0.3 is 0 Å². The fraction of sp³-hybridized carbons (Fsp3) is 0.118. The number of hydrogen-bond acceptors (Lipinski definition) is 2. The molecule has 2 N–H and O–H groups in total. The van der Waals surface area contributed by atoms with Gasteiger partial charge in [0.15, 0.2) is 0 Å². The van der Waals surface area contributed by atoms with Crippen LogP contribution in [0.5, 0.6) is 5.75 Å². The molecule has 0 unspecified atom stereocenters. The molecule has 0 atom stereocenters. The van der Waals surface area contributed by atoms with Crippen LogP contribution in [0.1, 0.15) is 5.56 Å². The first-order valence-corrected chi connectivity index (χ1v) is 6.75. The number of amides is 1. The second-order valence-corrected chi connectivity index (χ2v) is 4.82. The van der Waals surface area contributed by atoms with E-state index in [2.05, 4.69) is 10.3 Å². The number of ether oxygens (including phenoxy) is 1. The van der Waals surface area contributed by atoms with E-state index in [4.69, 9.17) is 4.74 Å². The Kier molecular flexibility index (Phi) is 3.60. The van der Waals surface area contributed by atoms with Crippen LogP contribution in [0.2, 0.25) is 0 Å². The Bertz CT molecular complexity index is 777. The molecule has 0 fully saturated rings. The molecule has 4 nitrogen and oxygen atoms in total. The summed E-state index contributed by atoms with van der Waals surface area (Å²) in [5.74, 6) is 0.598. The van der Waals surface area contributed by atoms with Crippen molar-refractivity contribution in [1.29, 1.82) is 0 Å². The number of carbonyl (C=O) groups is 1. The van der Waals surface area contributed by atoms with Crippen molar-refractivity contribution in [3.63, 3.8) is 0 Å². The fourth-order valence-electron chi connectivity index (χ4n) is 2.34. The largest absolute Gasteiger partial charge is 0.495 e. The molecule has 3 aromatic rings. The van der Waals surface area contributed by atoms with Crippen LogP contribution in [0.25, 0.3) is 10.9 Å². The average molecular weight is 280 g/mol. The highest BCUT2D eigenvalue weighted by Gasteiger charge is 2.08. The second kappa shape index (κ2) is 5.71. The average Bonchev–Trinajstić information content (AvgIpc) is 2.95. The summed E-state index contributed by atoms with van der Waals surface area (Å²) in [5.41, 5.74) is 2.74. The van der Waals surface area contributed by atoms with E-state index in [9.17, 15) is 4.79 Å². The summed E-state index contributed by atoms with van der Waals surface area (Å²) in [5, 5.41) is 3.99. The summed E-state index contributed by atoms with van der Waals surface area (Å²) in [6.07, 6.45) is 2.22. The normalized spacial score (nSPS) is 10.5. The van der Waals surface area contributed by atoms with E-state index in [1.807, 2.05) is 54.7 Å². The molecule has 1 heterocycles. The van der Waals surface area contributed by atoms with E-state index >= 15 is 0 Å². The zero-order chi connectivity index (χ0) is 14.7. The Morgan fingerprint density at radius 3 is 2.90 bits per heavy atom. The number of benzene rings is 2. The van der Waals surface area contributed by atoms with Crippen molar-refractivity contribution in [3.05, 3.63) is 60.3 Å². The van der Waals surface area contributed by atoms with Gasteiger partial charge in [0.1, 0.15) is 5.75 Å². The summed E-state index contributed by atoms with van der Waals surface area (Å²) < 4.78 is 5.22. The van der Waals surface area contributed by atoms with E-state index in [-0.39, 0.29) is 5.91 Å². The van der Waals surface area contributed by atoms with Gasteiger partial charge in [-0.25, -0.2) is 0 Å². The number of nitrogens with one attached hydrogen (secondary N) is 2. The number of hydrogen-bond donors (Lipinski definition) is 2. The van der Waals surface area contributed by atoms with Crippen LogP contribution in [-0.2, 0) is 11.2 Å². The van der Waals surface area contributed by atoms with Gasteiger partial charge in [0.05, 0.1) is 19.2 Å². The third kappa shape index (κ3) is 2.89. The Morgan fingerprint density at radius 1 is 1.19 bits per heavy atom. The monoisotopic (exact) mass is 280 g/mol. The lowest BCUT2D eigenvalue weighted by molar-refractivity contribution is -0.115. The van der Waals surface area contributed by atoms with Crippen molar-refractivity contribution in [1.82, 2.24) is 4.98 Å². The van der Waals surface area contributed by atoms with Crippen molar-refractivity contribution in [2.24, 2.45) is 0 Å². The molecule has 0 saturated heterocycles. The number of carbonyl (C=O) groups excluding carboxylic acids is 1. The molecule has 1 amide bonds. The van der Waals surface area contributed by atoms with Crippen molar-refractivity contribution in [2.75, 3.05) is 12.4 Å². The first kappa shape index (κ1) is 13.2. The number of aromatic nitrogens is 1. The summed E-state index contributed by atoms with van der Waals surface area (Å²) in [6, 6.07) is 15.3. The molecule has 0 bridgehead atoms. The molecule has 3 rings (SSSR count). The number of aromatic amines is 1. The second-order valence-electron chi connectivity index (χ2n) is 4.82. The predicted octanol–water partition coefficient (Wildman–Crippen LogP) is 3.36. The first-order valence-electron chi connectivity index (χ1n) is 6.75. The summed E-state index contributed by atoms with van der Waals surface area (Å²) in [4.78, 5) is 15.3. The minimum absolute atomic E-state index is 0.0608. The van der Waals surface area contributed by atoms with Crippen LogP contribution < -0.4 is 10.1 Å². The quantitative estimate of drug-likeness (QED) is 0.770. The Labute approximate surface area is 122 Å². The highest BCUT2D eigenvalue weighted by Crippen LogP contribution is 2.23. The van der Waals surface area contributed by atoms with Gasteiger partial charge in [-0.1, -0.05) is 18.2 Å². The molecule has 0 radical (unpaired) electrons. The third-order valence-electron chi connectivity index (χ3n) is 3.36. The van der Waals surface area contributed by atoms with Gasteiger partial charge in [-0.15, -0.1) is 0 Å². The zero-order valence-electron chi connectivity index (χ0n) is 11.7. The Morgan fingerprint density at radius 2 is 2.05 bits per heavy atom. The smallest absolute Gasteiger partial charge is 0.228 e. The molecule has 0 spiro atoms. The van der Waals surface area contributed by atoms with E-state index < -0.39 is 0 Å². The maximum Gasteiger partial charge on any atom is 0.228 e. The number of para-hydroxylation sites is 2. The van der Waals surface area contributed by atoms with Crippen LogP contribution in [-0.4, -0.2) is 18.0 Å². The summed E-state index contributed by atoms with van der Waals surface area (Å²) in [7, 11) is 1.59. The van der Waals surface area contributed by atoms with Crippen LogP contribution in [0, 0.1) is 0 Å². The van der Waals surface area contributed by atoms with Crippen LogP contribution in [0.4, 0.5) is 5.69 Å². The van der Waals surface area contributed by atoms with Crippen LogP contribution in [0.15, 0.2) is 54.7 Å². The number of H-pyrrole nitrogens is 1. The molecule has 0 aliphatic rings. The number of anilines is 1. The molecule has 0 saturated carbocycles. The number of fused-ring (bicyclic) bond motifs is 1.